The molecule has 0 aliphatic heterocycles. The monoisotopic (exact) mass is 964 g/mol. The molecule has 9 nitrogen and oxygen atoms in total. The van der Waals surface area contributed by atoms with Gasteiger partial charge in [0.2, 0.25) is 5.91 Å². The van der Waals surface area contributed by atoms with Crippen molar-refractivity contribution in [2.75, 3.05) is 40.9 Å². The molecule has 0 saturated heterocycles. The molecule has 0 bridgehead atoms. The van der Waals surface area contributed by atoms with Crippen LogP contribution in [0.15, 0.2) is 48.6 Å². The Labute approximate surface area is 414 Å². The van der Waals surface area contributed by atoms with Crippen LogP contribution in [-0.2, 0) is 27.9 Å². The summed E-state index contributed by atoms with van der Waals surface area (Å²) in [5.74, 6) is -0.520. The number of quaternary nitrogens is 1. The van der Waals surface area contributed by atoms with Gasteiger partial charge in [0.25, 0.3) is 0 Å². The zero-order valence-corrected chi connectivity index (χ0v) is 45.5. The highest BCUT2D eigenvalue weighted by Gasteiger charge is 2.30. The summed E-state index contributed by atoms with van der Waals surface area (Å²) in [5, 5.41) is 3.03. The molecule has 392 valence electrons. The number of hydrogen-bond donors (Lipinski definition) is 2. The Morgan fingerprint density at radius 3 is 1.43 bits per heavy atom. The number of likely N-dealkylation sites (N-methyl/N-ethyl adjacent to an activating group) is 1. The average molecular weight is 964 g/mol. The van der Waals surface area contributed by atoms with Crippen molar-refractivity contribution in [3.05, 3.63) is 48.6 Å². The number of hydrogen-bond acceptors (Lipinski definition) is 6. The van der Waals surface area contributed by atoms with Crippen molar-refractivity contribution in [2.45, 2.75) is 264 Å². The lowest BCUT2D eigenvalue weighted by molar-refractivity contribution is -0.870. The van der Waals surface area contributed by atoms with Gasteiger partial charge in [-0.3, -0.25) is 18.6 Å². The SMILES string of the molecule is CCCC/C=C\CCCCCCCC(=O)NC(COP(=O)(O)OCC[N+](C)(C)C)C(/C=C\CCCCCCCCCCC)OC(=O)CCCCCCCCCCC/C=C\C/C=C\CCCCC. The van der Waals surface area contributed by atoms with E-state index in [4.69, 9.17) is 13.8 Å². The van der Waals surface area contributed by atoms with Crippen LogP contribution >= 0.6 is 7.82 Å². The topological polar surface area (TPSA) is 111 Å². The molecule has 1 amide bonds. The summed E-state index contributed by atoms with van der Waals surface area (Å²) >= 11 is 0. The van der Waals surface area contributed by atoms with Gasteiger partial charge in [-0.05, 0) is 83.1 Å². The van der Waals surface area contributed by atoms with Crippen molar-refractivity contribution in [1.29, 1.82) is 0 Å². The predicted molar refractivity (Wildman–Crippen MR) is 286 cm³/mol. The summed E-state index contributed by atoms with van der Waals surface area (Å²) in [7, 11) is 1.49. The number of unbranched alkanes of at least 4 members (excludes halogenated alkanes) is 28. The van der Waals surface area contributed by atoms with Crippen LogP contribution in [-0.4, -0.2) is 74.3 Å². The highest BCUT2D eigenvalue weighted by molar-refractivity contribution is 7.47. The third-order valence-electron chi connectivity index (χ3n) is 12.2. The van der Waals surface area contributed by atoms with E-state index < -0.39 is 20.0 Å². The van der Waals surface area contributed by atoms with E-state index in [-0.39, 0.29) is 31.5 Å². The lowest BCUT2D eigenvalue weighted by Crippen LogP contribution is -2.47. The summed E-state index contributed by atoms with van der Waals surface area (Å²) in [6, 6.07) is -0.851. The second-order valence-electron chi connectivity index (χ2n) is 20.1. The second kappa shape index (κ2) is 47.6. The number of allylic oxidation sites excluding steroid dienone is 7. The molecule has 0 fully saturated rings. The highest BCUT2D eigenvalue weighted by atomic mass is 31.2. The van der Waals surface area contributed by atoms with Crippen molar-refractivity contribution in [2.24, 2.45) is 0 Å². The van der Waals surface area contributed by atoms with Crippen LogP contribution in [0.25, 0.3) is 0 Å². The van der Waals surface area contributed by atoms with Gasteiger partial charge >= 0.3 is 13.8 Å². The number of amides is 1. The summed E-state index contributed by atoms with van der Waals surface area (Å²) in [4.78, 5) is 37.5. The zero-order valence-electron chi connectivity index (χ0n) is 44.6. The van der Waals surface area contributed by atoms with Crippen molar-refractivity contribution >= 4 is 19.7 Å². The number of nitrogens with one attached hydrogen (secondary N) is 1. The van der Waals surface area contributed by atoms with Crippen LogP contribution in [0.3, 0.4) is 0 Å². The van der Waals surface area contributed by atoms with Crippen LogP contribution < -0.4 is 5.32 Å². The van der Waals surface area contributed by atoms with Gasteiger partial charge in [0.05, 0.1) is 33.8 Å². The van der Waals surface area contributed by atoms with Gasteiger partial charge < -0.3 is 19.4 Å². The van der Waals surface area contributed by atoms with E-state index >= 15 is 0 Å². The minimum atomic E-state index is -4.44. The number of rotatable bonds is 50. The Morgan fingerprint density at radius 2 is 0.925 bits per heavy atom. The summed E-state index contributed by atoms with van der Waals surface area (Å²) < 4.78 is 30.5. The maximum Gasteiger partial charge on any atom is 0.472 e. The fraction of sp³-hybridized carbons (Fsp3) is 0.825. The number of carbonyl (C=O) groups is 2. The van der Waals surface area contributed by atoms with E-state index in [0.717, 1.165) is 89.9 Å². The van der Waals surface area contributed by atoms with Crippen LogP contribution in [0.1, 0.15) is 252 Å². The summed E-state index contributed by atoms with van der Waals surface area (Å²) in [5.41, 5.74) is 0. The molecule has 0 heterocycles. The van der Waals surface area contributed by atoms with Crippen LogP contribution in [0.4, 0.5) is 0 Å². The number of nitrogens with zero attached hydrogens (tertiary/aromatic N) is 1. The minimum Gasteiger partial charge on any atom is -0.456 e. The van der Waals surface area contributed by atoms with E-state index in [9.17, 15) is 19.0 Å². The van der Waals surface area contributed by atoms with E-state index in [1.54, 1.807) is 0 Å². The van der Waals surface area contributed by atoms with Gasteiger partial charge in [0.1, 0.15) is 19.3 Å². The van der Waals surface area contributed by atoms with E-state index in [1.165, 1.54) is 128 Å². The van der Waals surface area contributed by atoms with Gasteiger partial charge in [-0.2, -0.15) is 0 Å². The smallest absolute Gasteiger partial charge is 0.456 e. The van der Waals surface area contributed by atoms with Gasteiger partial charge in [-0.1, -0.05) is 205 Å². The largest absolute Gasteiger partial charge is 0.472 e. The maximum atomic E-state index is 13.4. The Balaban J connectivity index is 5.28. The first kappa shape index (κ1) is 65.0. The van der Waals surface area contributed by atoms with Crippen molar-refractivity contribution in [3.8, 4) is 0 Å². The Kier molecular flexibility index (Phi) is 46.2. The number of ether oxygens (including phenoxy) is 1. The predicted octanol–water partition coefficient (Wildman–Crippen LogP) is 16.6. The molecule has 67 heavy (non-hydrogen) atoms. The van der Waals surface area contributed by atoms with Gasteiger partial charge in [0, 0.05) is 12.8 Å². The molecule has 10 heteroatoms. The molecular weight excluding hydrogens is 856 g/mol. The molecule has 3 atom stereocenters. The number of phosphoric acid groups is 1. The third-order valence-corrected chi connectivity index (χ3v) is 13.2. The molecule has 0 aliphatic carbocycles. The third kappa shape index (κ3) is 48.8. The van der Waals surface area contributed by atoms with Crippen molar-refractivity contribution < 1.29 is 37.3 Å². The standard InChI is InChI=1S/C57H107N2O7P/c1-7-10-13-16-19-22-25-26-27-28-29-30-31-32-35-38-41-44-47-50-57(61)66-55(48-45-42-39-36-33-23-20-17-14-11-8-2)54(53-65-67(62,63)64-52-51-59(4,5)6)58-56(60)49-46-43-40-37-34-24-21-18-15-12-9-3/h18-19,21-22,26-27,45,48,54-55H,7-17,20,23-25,28-44,46-47,49-53H2,1-6H3,(H-,58,60,62,63)/p+1/b21-18-,22-19-,27-26-,48-45-. The molecule has 0 aromatic rings. The normalized spacial score (nSPS) is 14.2. The molecule has 0 spiro atoms. The van der Waals surface area contributed by atoms with Gasteiger partial charge in [0.15, 0.2) is 0 Å². The lowest BCUT2D eigenvalue weighted by Gasteiger charge is -2.27. The molecule has 0 aliphatic rings. The maximum absolute atomic E-state index is 13.4. The second-order valence-corrected chi connectivity index (χ2v) is 21.6. The van der Waals surface area contributed by atoms with Crippen molar-refractivity contribution in [3.63, 3.8) is 0 Å². The van der Waals surface area contributed by atoms with E-state index in [0.29, 0.717) is 17.4 Å². The first-order valence-corrected chi connectivity index (χ1v) is 29.5. The molecule has 0 saturated carbocycles. The zero-order chi connectivity index (χ0) is 49.4. The first-order valence-electron chi connectivity index (χ1n) is 28.0. The quantitative estimate of drug-likeness (QED) is 0.0205. The number of carbonyl (C=O) groups excluding carboxylic acids is 2. The van der Waals surface area contributed by atoms with E-state index in [1.807, 2.05) is 33.3 Å². The molecule has 0 radical (unpaired) electrons. The van der Waals surface area contributed by atoms with Crippen molar-refractivity contribution in [1.82, 2.24) is 5.32 Å². The Morgan fingerprint density at radius 1 is 0.522 bits per heavy atom. The molecule has 0 aromatic carbocycles. The molecule has 0 rings (SSSR count). The Hall–Kier alpha value is -2.03. The molecule has 0 aromatic heterocycles. The number of esters is 1. The summed E-state index contributed by atoms with van der Waals surface area (Å²) in [6.07, 6.45) is 56.7. The Bertz CT molecular complexity index is 1290. The molecular formula is C57H108N2O7P+. The fourth-order valence-corrected chi connectivity index (χ4v) is 8.57. The van der Waals surface area contributed by atoms with Gasteiger partial charge in [-0.15, -0.1) is 0 Å². The lowest BCUT2D eigenvalue weighted by atomic mass is 10.0. The summed E-state index contributed by atoms with van der Waals surface area (Å²) in [6.45, 7) is 6.93. The first-order chi connectivity index (χ1) is 32.4. The fourth-order valence-electron chi connectivity index (χ4n) is 7.83. The van der Waals surface area contributed by atoms with E-state index in [2.05, 4.69) is 62.5 Å². The number of phosphoric ester groups is 1. The molecule has 2 N–H and O–H groups in total. The van der Waals surface area contributed by atoms with Crippen LogP contribution in [0, 0.1) is 0 Å². The minimum absolute atomic E-state index is 0.0378. The van der Waals surface area contributed by atoms with Gasteiger partial charge in [-0.25, -0.2) is 4.57 Å². The van der Waals surface area contributed by atoms with Crippen LogP contribution in [0.2, 0.25) is 0 Å². The highest BCUT2D eigenvalue weighted by Crippen LogP contribution is 2.43. The molecule has 3 unspecified atom stereocenters. The van der Waals surface area contributed by atoms with Crippen LogP contribution in [0.5, 0.6) is 0 Å². The average Bonchev–Trinajstić information content (AvgIpc) is 3.28.